The Morgan fingerprint density at radius 2 is 1.80 bits per heavy atom. The maximum atomic E-state index is 13.1. The molecule has 1 aliphatic rings. The molecule has 2 heterocycles. The summed E-state index contributed by atoms with van der Waals surface area (Å²) >= 11 is 0. The minimum Gasteiger partial charge on any atom is -0.358 e. The van der Waals surface area contributed by atoms with Gasteiger partial charge in [0, 0.05) is 26.6 Å². The number of nitrogens with one attached hydrogen (secondary N) is 1. The number of hydrogen-bond donors (Lipinski definition) is 1. The van der Waals surface area contributed by atoms with Crippen molar-refractivity contribution >= 4 is 5.91 Å². The molecular weight excluding hydrogens is 453 g/mol. The van der Waals surface area contributed by atoms with E-state index in [0.29, 0.717) is 19.4 Å². The number of nitrogens with zero attached hydrogens (tertiary/aromatic N) is 3. The van der Waals surface area contributed by atoms with Crippen molar-refractivity contribution in [2.45, 2.75) is 57.9 Å². The highest BCUT2D eigenvalue weighted by Gasteiger charge is 2.38. The molecule has 1 amide bonds. The molecule has 4 rings (SSSR count). The fourth-order valence-electron chi connectivity index (χ4n) is 5.16. The van der Waals surface area contributed by atoms with Gasteiger partial charge in [-0.1, -0.05) is 49.4 Å². The molecule has 1 aromatic heterocycles. The summed E-state index contributed by atoms with van der Waals surface area (Å²) in [5, 5.41) is 2.82. The van der Waals surface area contributed by atoms with Crippen LogP contribution in [0.1, 0.15) is 59.3 Å². The highest BCUT2D eigenvalue weighted by Crippen LogP contribution is 2.39. The van der Waals surface area contributed by atoms with Crippen molar-refractivity contribution in [1.29, 1.82) is 0 Å². The Labute approximate surface area is 204 Å². The number of imidazole rings is 1. The number of likely N-dealkylation sites (N-methyl/N-ethyl adjacent to an activating group) is 1. The molecule has 1 aliphatic heterocycles. The maximum absolute atomic E-state index is 13.1. The SMILES string of the molecule is CCc1nc(C)c2n1CCN([C@@H](C(=O)NC)c1ccccc1)C2CCc1ccc(C(F)(F)F)cc1. The Hall–Kier alpha value is -3.13. The lowest BCUT2D eigenvalue weighted by atomic mass is 9.94. The number of amides is 1. The topological polar surface area (TPSA) is 50.2 Å². The Morgan fingerprint density at radius 3 is 2.40 bits per heavy atom. The zero-order chi connectivity index (χ0) is 25.2. The second-order valence-electron chi connectivity index (χ2n) is 8.92. The number of rotatable bonds is 7. The summed E-state index contributed by atoms with van der Waals surface area (Å²) in [5.41, 5.74) is 3.12. The second kappa shape index (κ2) is 10.2. The smallest absolute Gasteiger partial charge is 0.358 e. The van der Waals surface area contributed by atoms with Crippen molar-refractivity contribution in [3.63, 3.8) is 0 Å². The monoisotopic (exact) mass is 484 g/mol. The van der Waals surface area contributed by atoms with Crippen LogP contribution >= 0.6 is 0 Å². The predicted molar refractivity (Wildman–Crippen MR) is 129 cm³/mol. The number of fused-ring (bicyclic) bond motifs is 1. The van der Waals surface area contributed by atoms with Crippen molar-refractivity contribution < 1.29 is 18.0 Å². The van der Waals surface area contributed by atoms with Crippen LogP contribution in [-0.2, 0) is 30.4 Å². The van der Waals surface area contributed by atoms with E-state index in [1.165, 1.54) is 0 Å². The third-order valence-electron chi connectivity index (χ3n) is 6.81. The molecule has 1 unspecified atom stereocenters. The molecule has 0 saturated heterocycles. The van der Waals surface area contributed by atoms with E-state index >= 15 is 0 Å². The molecule has 5 nitrogen and oxygen atoms in total. The van der Waals surface area contributed by atoms with Crippen LogP contribution in [0.4, 0.5) is 13.2 Å². The van der Waals surface area contributed by atoms with Gasteiger partial charge in [-0.15, -0.1) is 0 Å². The van der Waals surface area contributed by atoms with Crippen molar-refractivity contribution in [1.82, 2.24) is 19.8 Å². The van der Waals surface area contributed by atoms with Gasteiger partial charge in [-0.3, -0.25) is 9.69 Å². The number of carbonyl (C=O) groups is 1. The second-order valence-corrected chi connectivity index (χ2v) is 8.92. The van der Waals surface area contributed by atoms with E-state index in [0.717, 1.165) is 53.4 Å². The number of alkyl halides is 3. The first-order valence-corrected chi connectivity index (χ1v) is 12.0. The van der Waals surface area contributed by atoms with Crippen LogP contribution in [0.2, 0.25) is 0 Å². The lowest BCUT2D eigenvalue weighted by molar-refractivity contribution is -0.137. The molecule has 2 atom stereocenters. The zero-order valence-electron chi connectivity index (χ0n) is 20.3. The maximum Gasteiger partial charge on any atom is 0.416 e. The van der Waals surface area contributed by atoms with Crippen molar-refractivity contribution in [2.24, 2.45) is 0 Å². The average molecular weight is 485 g/mol. The first-order chi connectivity index (χ1) is 16.7. The molecule has 186 valence electrons. The fraction of sp³-hybridized carbons (Fsp3) is 0.407. The Kier molecular flexibility index (Phi) is 7.31. The van der Waals surface area contributed by atoms with E-state index in [2.05, 4.69) is 21.7 Å². The largest absolute Gasteiger partial charge is 0.416 e. The first kappa shape index (κ1) is 25.0. The molecule has 0 bridgehead atoms. The van der Waals surface area contributed by atoms with E-state index < -0.39 is 17.8 Å². The van der Waals surface area contributed by atoms with E-state index in [1.807, 2.05) is 37.3 Å². The molecule has 0 saturated carbocycles. The molecular formula is C27H31F3N4O. The van der Waals surface area contributed by atoms with Gasteiger partial charge in [-0.25, -0.2) is 4.98 Å². The zero-order valence-corrected chi connectivity index (χ0v) is 20.3. The van der Waals surface area contributed by atoms with Gasteiger partial charge < -0.3 is 9.88 Å². The number of aryl methyl sites for hydroxylation is 3. The van der Waals surface area contributed by atoms with Crippen molar-refractivity contribution in [3.05, 3.63) is 88.5 Å². The van der Waals surface area contributed by atoms with Gasteiger partial charge in [0.15, 0.2) is 0 Å². The minimum absolute atomic E-state index is 0.0861. The van der Waals surface area contributed by atoms with Gasteiger partial charge in [0.05, 0.1) is 23.0 Å². The predicted octanol–water partition coefficient (Wildman–Crippen LogP) is 5.25. The van der Waals surface area contributed by atoms with Gasteiger partial charge >= 0.3 is 6.18 Å². The highest BCUT2D eigenvalue weighted by atomic mass is 19.4. The van der Waals surface area contributed by atoms with Crippen LogP contribution in [0.5, 0.6) is 0 Å². The molecule has 0 spiro atoms. The summed E-state index contributed by atoms with van der Waals surface area (Å²) in [5.74, 6) is 0.935. The van der Waals surface area contributed by atoms with E-state index in [1.54, 1.807) is 19.2 Å². The minimum atomic E-state index is -4.35. The van der Waals surface area contributed by atoms with Gasteiger partial charge in [0.2, 0.25) is 5.91 Å². The molecule has 1 N–H and O–H groups in total. The Bertz CT molecular complexity index is 1160. The van der Waals surface area contributed by atoms with Crippen LogP contribution in [0.25, 0.3) is 0 Å². The van der Waals surface area contributed by atoms with E-state index in [-0.39, 0.29) is 11.9 Å². The quantitative estimate of drug-likeness (QED) is 0.498. The lowest BCUT2D eigenvalue weighted by Crippen LogP contribution is -2.46. The van der Waals surface area contributed by atoms with Gasteiger partial charge in [-0.05, 0) is 43.0 Å². The van der Waals surface area contributed by atoms with Gasteiger partial charge in [0.1, 0.15) is 11.9 Å². The molecule has 35 heavy (non-hydrogen) atoms. The van der Waals surface area contributed by atoms with Crippen LogP contribution in [0, 0.1) is 6.92 Å². The number of carbonyl (C=O) groups excluding carboxylic acids is 1. The van der Waals surface area contributed by atoms with Crippen LogP contribution in [0.3, 0.4) is 0 Å². The van der Waals surface area contributed by atoms with E-state index in [9.17, 15) is 18.0 Å². The molecule has 8 heteroatoms. The molecule has 0 radical (unpaired) electrons. The summed E-state index contributed by atoms with van der Waals surface area (Å²) in [7, 11) is 1.64. The van der Waals surface area contributed by atoms with Crippen LogP contribution in [-0.4, -0.2) is 34.0 Å². The Morgan fingerprint density at radius 1 is 1.11 bits per heavy atom. The van der Waals surface area contributed by atoms with Gasteiger partial charge in [0.25, 0.3) is 0 Å². The standard InChI is InChI=1S/C27H31F3N4O/c1-4-23-32-18(2)24-22(15-12-19-10-13-21(14-11-19)27(28,29)30)33(16-17-34(23)24)25(26(35)31-3)20-8-6-5-7-9-20/h5-11,13-14,22,25H,4,12,15-17H2,1-3H3,(H,31,35)/t22?,25-/m1/s1. The summed E-state index contributed by atoms with van der Waals surface area (Å²) in [6.45, 7) is 5.48. The molecule has 0 fully saturated rings. The summed E-state index contributed by atoms with van der Waals surface area (Å²) < 4.78 is 41.3. The average Bonchev–Trinajstić information content (AvgIpc) is 3.19. The highest BCUT2D eigenvalue weighted by molar-refractivity contribution is 5.83. The van der Waals surface area contributed by atoms with E-state index in [4.69, 9.17) is 4.98 Å². The lowest BCUT2D eigenvalue weighted by Gasteiger charge is -2.42. The van der Waals surface area contributed by atoms with Crippen molar-refractivity contribution in [3.8, 4) is 0 Å². The third kappa shape index (κ3) is 5.12. The van der Waals surface area contributed by atoms with Gasteiger partial charge in [-0.2, -0.15) is 13.2 Å². The summed E-state index contributed by atoms with van der Waals surface area (Å²) in [6, 6.07) is 14.5. The summed E-state index contributed by atoms with van der Waals surface area (Å²) in [6.07, 6.45) is -2.30. The normalized spacial score (nSPS) is 17.1. The first-order valence-electron chi connectivity index (χ1n) is 12.0. The Balaban J connectivity index is 1.70. The number of benzene rings is 2. The van der Waals surface area contributed by atoms with Crippen LogP contribution in [0.15, 0.2) is 54.6 Å². The number of aromatic nitrogens is 2. The molecule has 0 aliphatic carbocycles. The fourth-order valence-corrected chi connectivity index (χ4v) is 5.16. The summed E-state index contributed by atoms with van der Waals surface area (Å²) in [4.78, 5) is 20.2. The molecule has 3 aromatic rings. The van der Waals surface area contributed by atoms with Crippen molar-refractivity contribution in [2.75, 3.05) is 13.6 Å². The van der Waals surface area contributed by atoms with Crippen LogP contribution < -0.4 is 5.32 Å². The number of halogens is 3. The molecule has 2 aromatic carbocycles. The number of hydrogen-bond acceptors (Lipinski definition) is 3. The third-order valence-corrected chi connectivity index (χ3v) is 6.81.